The number of aryl methyl sites for hydroxylation is 2. The van der Waals surface area contributed by atoms with Gasteiger partial charge in [-0.25, -0.2) is 4.39 Å². The Labute approximate surface area is 118 Å². The Morgan fingerprint density at radius 3 is 2.85 bits per heavy atom. The molecule has 0 unspecified atom stereocenters. The van der Waals surface area contributed by atoms with Crippen molar-refractivity contribution in [2.75, 3.05) is 0 Å². The summed E-state index contributed by atoms with van der Waals surface area (Å²) >= 11 is 0. The van der Waals surface area contributed by atoms with Crippen LogP contribution in [-0.4, -0.2) is 10.4 Å². The molecule has 0 atom stereocenters. The molecule has 0 bridgehead atoms. The van der Waals surface area contributed by atoms with E-state index in [4.69, 9.17) is 0 Å². The van der Waals surface area contributed by atoms with Gasteiger partial charge in [0.05, 0.1) is 0 Å². The summed E-state index contributed by atoms with van der Waals surface area (Å²) in [5.41, 5.74) is 4.03. The number of carbonyl (C=O) groups excluding carboxylic acids is 1. The van der Waals surface area contributed by atoms with E-state index in [2.05, 4.69) is 0 Å². The Kier molecular flexibility index (Phi) is 3.43. The summed E-state index contributed by atoms with van der Waals surface area (Å²) in [7, 11) is 0. The van der Waals surface area contributed by atoms with Crippen LogP contribution in [0.15, 0.2) is 30.6 Å². The van der Waals surface area contributed by atoms with Gasteiger partial charge in [0.2, 0.25) is 0 Å². The number of hydrogen-bond acceptors (Lipinski definition) is 1. The van der Waals surface area contributed by atoms with Crippen molar-refractivity contribution in [3.63, 3.8) is 0 Å². The monoisotopic (exact) mass is 271 g/mol. The van der Waals surface area contributed by atoms with E-state index in [-0.39, 0.29) is 11.6 Å². The Bertz CT molecular complexity index is 657. The average Bonchev–Trinajstić information content (AvgIpc) is 2.74. The normalized spacial score (nSPS) is 15.0. The van der Waals surface area contributed by atoms with Crippen molar-refractivity contribution in [3.05, 3.63) is 58.7 Å². The average molecular weight is 271 g/mol. The van der Waals surface area contributed by atoms with Gasteiger partial charge in [0.1, 0.15) is 5.82 Å². The van der Waals surface area contributed by atoms with E-state index in [0.29, 0.717) is 13.0 Å². The molecular weight excluding hydrogens is 253 g/mol. The van der Waals surface area contributed by atoms with Gasteiger partial charge in [-0.3, -0.25) is 4.79 Å². The number of hydrogen-bond donors (Lipinski definition) is 0. The molecule has 104 valence electrons. The van der Waals surface area contributed by atoms with Gasteiger partial charge in [0.25, 0.3) is 0 Å². The van der Waals surface area contributed by atoms with E-state index < -0.39 is 0 Å². The maximum atomic E-state index is 13.3. The van der Waals surface area contributed by atoms with Gasteiger partial charge in [-0.05, 0) is 55.0 Å². The SMILES string of the molecule is Cc1ccc(F)cc1Cn1cc2c(c1)C(=O)CCCC2. The number of aromatic nitrogens is 1. The highest BCUT2D eigenvalue weighted by atomic mass is 19.1. The van der Waals surface area contributed by atoms with Gasteiger partial charge in [-0.2, -0.15) is 0 Å². The van der Waals surface area contributed by atoms with Gasteiger partial charge < -0.3 is 4.57 Å². The standard InChI is InChI=1S/C17H18FNO/c1-12-6-7-15(18)8-14(12)10-19-9-13-4-2-3-5-17(20)16(13)11-19/h6-9,11H,2-5,10H2,1H3. The molecule has 0 amide bonds. The number of fused-ring (bicyclic) bond motifs is 1. The van der Waals surface area contributed by atoms with Crippen LogP contribution in [0.2, 0.25) is 0 Å². The first kappa shape index (κ1) is 13.1. The lowest BCUT2D eigenvalue weighted by molar-refractivity contribution is 0.0982. The number of ketones is 1. The summed E-state index contributed by atoms with van der Waals surface area (Å²) in [5, 5.41) is 0. The number of carbonyl (C=O) groups is 1. The molecule has 1 aliphatic rings. The van der Waals surface area contributed by atoms with Crippen molar-refractivity contribution in [2.45, 2.75) is 39.2 Å². The van der Waals surface area contributed by atoms with Crippen LogP contribution in [0.5, 0.6) is 0 Å². The molecule has 0 aliphatic heterocycles. The Morgan fingerprint density at radius 2 is 2.00 bits per heavy atom. The molecule has 0 saturated heterocycles. The molecular formula is C17H18FNO. The van der Waals surface area contributed by atoms with Crippen molar-refractivity contribution >= 4 is 5.78 Å². The fourth-order valence-electron chi connectivity index (χ4n) is 2.84. The molecule has 3 rings (SSSR count). The quantitative estimate of drug-likeness (QED) is 0.759. The molecule has 2 aromatic rings. The lowest BCUT2D eigenvalue weighted by Crippen LogP contribution is -2.01. The number of benzene rings is 1. The lowest BCUT2D eigenvalue weighted by atomic mass is 10.1. The van der Waals surface area contributed by atoms with E-state index in [1.54, 1.807) is 12.1 Å². The largest absolute Gasteiger partial charge is 0.349 e. The summed E-state index contributed by atoms with van der Waals surface area (Å²) in [6.45, 7) is 2.60. The second-order valence-corrected chi connectivity index (χ2v) is 5.57. The Hall–Kier alpha value is -1.90. The third-order valence-electron chi connectivity index (χ3n) is 4.03. The van der Waals surface area contributed by atoms with Crippen LogP contribution >= 0.6 is 0 Å². The summed E-state index contributed by atoms with van der Waals surface area (Å²) in [6.07, 6.45) is 7.64. The zero-order valence-electron chi connectivity index (χ0n) is 11.7. The van der Waals surface area contributed by atoms with Crippen LogP contribution in [0, 0.1) is 12.7 Å². The van der Waals surface area contributed by atoms with Gasteiger partial charge >= 0.3 is 0 Å². The fourth-order valence-corrected chi connectivity index (χ4v) is 2.84. The van der Waals surface area contributed by atoms with E-state index in [1.807, 2.05) is 23.9 Å². The first-order valence-electron chi connectivity index (χ1n) is 7.10. The summed E-state index contributed by atoms with van der Waals surface area (Å²) in [6, 6.07) is 4.85. The predicted octanol–water partition coefficient (Wildman–Crippen LogP) is 3.89. The minimum atomic E-state index is -0.213. The summed E-state index contributed by atoms with van der Waals surface area (Å²) in [4.78, 5) is 12.0. The van der Waals surface area contributed by atoms with Gasteiger partial charge in [0.15, 0.2) is 5.78 Å². The van der Waals surface area contributed by atoms with Crippen LogP contribution in [0.25, 0.3) is 0 Å². The highest BCUT2D eigenvalue weighted by Crippen LogP contribution is 2.22. The summed E-state index contributed by atoms with van der Waals surface area (Å²) < 4.78 is 15.3. The topological polar surface area (TPSA) is 22.0 Å². The molecule has 1 heterocycles. The van der Waals surface area contributed by atoms with Crippen molar-refractivity contribution < 1.29 is 9.18 Å². The van der Waals surface area contributed by atoms with Crippen LogP contribution < -0.4 is 0 Å². The zero-order chi connectivity index (χ0) is 14.1. The van der Waals surface area contributed by atoms with Gasteiger partial charge in [-0.1, -0.05) is 6.07 Å². The molecule has 1 aromatic carbocycles. The van der Waals surface area contributed by atoms with Crippen molar-refractivity contribution in [1.29, 1.82) is 0 Å². The predicted molar refractivity (Wildman–Crippen MR) is 76.6 cm³/mol. The first-order valence-corrected chi connectivity index (χ1v) is 7.10. The minimum Gasteiger partial charge on any atom is -0.349 e. The Morgan fingerprint density at radius 1 is 1.20 bits per heavy atom. The number of nitrogens with zero attached hydrogens (tertiary/aromatic N) is 1. The van der Waals surface area contributed by atoms with E-state index in [0.717, 1.165) is 41.5 Å². The van der Waals surface area contributed by atoms with Crippen molar-refractivity contribution in [2.24, 2.45) is 0 Å². The zero-order valence-corrected chi connectivity index (χ0v) is 11.7. The Balaban J connectivity index is 1.90. The number of rotatable bonds is 2. The molecule has 20 heavy (non-hydrogen) atoms. The smallest absolute Gasteiger partial charge is 0.164 e. The highest BCUT2D eigenvalue weighted by Gasteiger charge is 2.17. The van der Waals surface area contributed by atoms with Gasteiger partial charge in [0, 0.05) is 30.9 Å². The van der Waals surface area contributed by atoms with Crippen LogP contribution in [0.3, 0.4) is 0 Å². The number of halogens is 1. The molecule has 2 nitrogen and oxygen atoms in total. The molecule has 0 fully saturated rings. The molecule has 0 radical (unpaired) electrons. The van der Waals surface area contributed by atoms with Crippen LogP contribution in [0.1, 0.15) is 46.3 Å². The second kappa shape index (κ2) is 5.23. The highest BCUT2D eigenvalue weighted by molar-refractivity contribution is 5.97. The van der Waals surface area contributed by atoms with Crippen LogP contribution in [-0.2, 0) is 13.0 Å². The second-order valence-electron chi connectivity index (χ2n) is 5.57. The third kappa shape index (κ3) is 2.53. The fraction of sp³-hybridized carbons (Fsp3) is 0.353. The number of Topliss-reactive ketones (excluding diaryl/α,β-unsaturated/α-hetero) is 1. The lowest BCUT2D eigenvalue weighted by Gasteiger charge is -2.07. The molecule has 0 N–H and O–H groups in total. The van der Waals surface area contributed by atoms with Gasteiger partial charge in [-0.15, -0.1) is 0 Å². The van der Waals surface area contributed by atoms with Crippen LogP contribution in [0.4, 0.5) is 4.39 Å². The maximum absolute atomic E-state index is 13.3. The molecule has 0 spiro atoms. The van der Waals surface area contributed by atoms with E-state index in [1.165, 1.54) is 6.07 Å². The molecule has 1 aliphatic carbocycles. The molecule has 1 aromatic heterocycles. The van der Waals surface area contributed by atoms with Crippen molar-refractivity contribution in [3.8, 4) is 0 Å². The minimum absolute atomic E-state index is 0.213. The maximum Gasteiger partial charge on any atom is 0.164 e. The van der Waals surface area contributed by atoms with Crippen molar-refractivity contribution in [1.82, 2.24) is 4.57 Å². The van der Waals surface area contributed by atoms with E-state index in [9.17, 15) is 9.18 Å². The summed E-state index contributed by atoms with van der Waals surface area (Å²) in [5.74, 6) is 0.0302. The first-order chi connectivity index (χ1) is 9.63. The molecule has 3 heteroatoms. The third-order valence-corrected chi connectivity index (χ3v) is 4.03. The molecule has 0 saturated carbocycles. The van der Waals surface area contributed by atoms with E-state index >= 15 is 0 Å².